The van der Waals surface area contributed by atoms with E-state index < -0.39 is 0 Å². The number of hydrogen-bond acceptors (Lipinski definition) is 1. The smallest absolute Gasteiger partial charge is 0.124 e. The van der Waals surface area contributed by atoms with Crippen molar-refractivity contribution >= 4 is 34.8 Å². The number of benzene rings is 2. The summed E-state index contributed by atoms with van der Waals surface area (Å²) in [6.45, 7) is 2.33. The second kappa shape index (κ2) is 5.83. The van der Waals surface area contributed by atoms with E-state index in [-0.39, 0.29) is 0 Å². The van der Waals surface area contributed by atoms with Gasteiger partial charge in [0.1, 0.15) is 12.4 Å². The monoisotopic (exact) mass is 300 g/mol. The van der Waals surface area contributed by atoms with Gasteiger partial charge in [-0.05, 0) is 42.8 Å². The maximum Gasteiger partial charge on any atom is 0.124 e. The van der Waals surface area contributed by atoms with Gasteiger partial charge in [-0.3, -0.25) is 0 Å². The summed E-state index contributed by atoms with van der Waals surface area (Å²) >= 11 is 17.9. The van der Waals surface area contributed by atoms with Crippen molar-refractivity contribution in [2.24, 2.45) is 0 Å². The van der Waals surface area contributed by atoms with Crippen LogP contribution in [0.25, 0.3) is 0 Å². The first kappa shape index (κ1) is 13.5. The number of ether oxygens (including phenoxy) is 1. The first-order valence-corrected chi connectivity index (χ1v) is 6.52. The van der Waals surface area contributed by atoms with Crippen LogP contribution in [-0.2, 0) is 6.61 Å². The molecule has 0 aromatic heterocycles. The van der Waals surface area contributed by atoms with Gasteiger partial charge in [0, 0.05) is 20.6 Å². The predicted molar refractivity (Wildman–Crippen MR) is 77.0 cm³/mol. The lowest BCUT2D eigenvalue weighted by Crippen LogP contribution is -1.97. The molecule has 0 spiro atoms. The average Bonchev–Trinajstić information content (AvgIpc) is 2.34. The van der Waals surface area contributed by atoms with Crippen LogP contribution in [-0.4, -0.2) is 0 Å². The molecule has 0 bridgehead atoms. The van der Waals surface area contributed by atoms with Gasteiger partial charge >= 0.3 is 0 Å². The molecule has 0 N–H and O–H groups in total. The number of hydrogen-bond donors (Lipinski definition) is 0. The van der Waals surface area contributed by atoms with Crippen molar-refractivity contribution in [3.63, 3.8) is 0 Å². The highest BCUT2D eigenvalue weighted by Gasteiger charge is 2.05. The van der Waals surface area contributed by atoms with Gasteiger partial charge in [-0.25, -0.2) is 0 Å². The Labute approximate surface area is 121 Å². The highest BCUT2D eigenvalue weighted by atomic mass is 35.5. The summed E-state index contributed by atoms with van der Waals surface area (Å²) in [5.41, 5.74) is 1.88. The van der Waals surface area contributed by atoms with E-state index in [2.05, 4.69) is 0 Å². The highest BCUT2D eigenvalue weighted by Crippen LogP contribution is 2.26. The molecule has 1 nitrogen and oxygen atoms in total. The lowest BCUT2D eigenvalue weighted by atomic mass is 10.2. The Morgan fingerprint density at radius 3 is 2.39 bits per heavy atom. The average molecular weight is 302 g/mol. The fourth-order valence-electron chi connectivity index (χ4n) is 1.54. The predicted octanol–water partition coefficient (Wildman–Crippen LogP) is 5.53. The van der Waals surface area contributed by atoms with E-state index in [0.717, 1.165) is 16.9 Å². The van der Waals surface area contributed by atoms with Gasteiger partial charge in [-0.2, -0.15) is 0 Å². The van der Waals surface area contributed by atoms with Gasteiger partial charge in [-0.15, -0.1) is 0 Å². The molecule has 0 saturated carbocycles. The molecular formula is C14H11Cl3O. The quantitative estimate of drug-likeness (QED) is 0.724. The Morgan fingerprint density at radius 2 is 1.61 bits per heavy atom. The Bertz CT molecular complexity index is 515. The zero-order chi connectivity index (χ0) is 13.1. The Kier molecular flexibility index (Phi) is 4.39. The summed E-state index contributed by atoms with van der Waals surface area (Å²) in [5, 5.41) is 1.92. The van der Waals surface area contributed by atoms with Crippen LogP contribution in [0.3, 0.4) is 0 Å². The molecule has 0 aliphatic rings. The largest absolute Gasteiger partial charge is 0.489 e. The Morgan fingerprint density at radius 1 is 0.944 bits per heavy atom. The molecule has 94 valence electrons. The summed E-state index contributed by atoms with van der Waals surface area (Å²) in [6, 6.07) is 10.8. The molecule has 0 aliphatic carbocycles. The minimum atomic E-state index is 0.362. The van der Waals surface area contributed by atoms with E-state index >= 15 is 0 Å². The zero-order valence-corrected chi connectivity index (χ0v) is 12.0. The lowest BCUT2D eigenvalue weighted by molar-refractivity contribution is 0.304. The van der Waals surface area contributed by atoms with Gasteiger partial charge < -0.3 is 4.74 Å². The van der Waals surface area contributed by atoms with Gasteiger partial charge in [-0.1, -0.05) is 40.9 Å². The molecule has 0 radical (unpaired) electrons. The van der Waals surface area contributed by atoms with Crippen LogP contribution in [0.4, 0.5) is 0 Å². The summed E-state index contributed by atoms with van der Waals surface area (Å²) in [7, 11) is 0. The number of halogens is 3. The topological polar surface area (TPSA) is 9.23 Å². The first-order valence-electron chi connectivity index (χ1n) is 5.39. The van der Waals surface area contributed by atoms with E-state index in [1.165, 1.54) is 0 Å². The molecule has 2 aromatic rings. The molecule has 0 fully saturated rings. The van der Waals surface area contributed by atoms with Crippen LogP contribution in [0.1, 0.15) is 11.1 Å². The second-order valence-corrected chi connectivity index (χ2v) is 5.21. The maximum absolute atomic E-state index is 6.07. The minimum absolute atomic E-state index is 0.362. The third-order valence-corrected chi connectivity index (χ3v) is 3.38. The fourth-order valence-corrected chi connectivity index (χ4v) is 2.07. The van der Waals surface area contributed by atoms with Crippen molar-refractivity contribution in [2.75, 3.05) is 0 Å². The number of rotatable bonds is 3. The summed E-state index contributed by atoms with van der Waals surface area (Å²) in [5.74, 6) is 0.749. The molecule has 0 heterocycles. The van der Waals surface area contributed by atoms with Crippen LogP contribution in [0.5, 0.6) is 5.75 Å². The third-order valence-electron chi connectivity index (χ3n) is 2.54. The van der Waals surface area contributed by atoms with Crippen LogP contribution >= 0.6 is 34.8 Å². The van der Waals surface area contributed by atoms with Crippen molar-refractivity contribution in [3.05, 3.63) is 62.6 Å². The molecule has 0 aliphatic heterocycles. The van der Waals surface area contributed by atoms with Crippen LogP contribution in [0.2, 0.25) is 15.1 Å². The summed E-state index contributed by atoms with van der Waals surface area (Å²) in [6.07, 6.45) is 0. The minimum Gasteiger partial charge on any atom is -0.489 e. The second-order valence-electron chi connectivity index (χ2n) is 3.93. The van der Waals surface area contributed by atoms with Crippen LogP contribution < -0.4 is 4.74 Å². The lowest BCUT2D eigenvalue weighted by Gasteiger charge is -2.10. The molecule has 2 rings (SSSR count). The summed E-state index contributed by atoms with van der Waals surface area (Å²) < 4.78 is 5.71. The van der Waals surface area contributed by atoms with E-state index in [9.17, 15) is 0 Å². The molecule has 18 heavy (non-hydrogen) atoms. The first-order chi connectivity index (χ1) is 8.56. The van der Waals surface area contributed by atoms with Crippen molar-refractivity contribution in [3.8, 4) is 5.75 Å². The van der Waals surface area contributed by atoms with Crippen LogP contribution in [0.15, 0.2) is 36.4 Å². The number of aryl methyl sites for hydroxylation is 1. The summed E-state index contributed by atoms with van der Waals surface area (Å²) in [4.78, 5) is 0. The molecule has 0 amide bonds. The zero-order valence-electron chi connectivity index (χ0n) is 9.71. The van der Waals surface area contributed by atoms with Crippen molar-refractivity contribution in [2.45, 2.75) is 13.5 Å². The Balaban J connectivity index is 2.16. The standard InChI is InChI=1S/C14H11Cl3O/c1-9-2-3-12(16)7-14(9)18-8-10-6-11(15)4-5-13(10)17/h2-7H,8H2,1H3. The van der Waals surface area contributed by atoms with Gasteiger partial charge in [0.05, 0.1) is 0 Å². The van der Waals surface area contributed by atoms with Crippen molar-refractivity contribution in [1.29, 1.82) is 0 Å². The molecule has 0 saturated heterocycles. The Hall–Kier alpha value is -0.890. The third kappa shape index (κ3) is 3.32. The van der Waals surface area contributed by atoms with E-state index in [4.69, 9.17) is 39.5 Å². The van der Waals surface area contributed by atoms with Gasteiger partial charge in [0.2, 0.25) is 0 Å². The molecule has 0 unspecified atom stereocenters. The van der Waals surface area contributed by atoms with Crippen molar-refractivity contribution < 1.29 is 4.74 Å². The molecule has 4 heteroatoms. The highest BCUT2D eigenvalue weighted by molar-refractivity contribution is 6.33. The normalized spacial score (nSPS) is 10.4. The van der Waals surface area contributed by atoms with Crippen LogP contribution in [0, 0.1) is 6.92 Å². The van der Waals surface area contributed by atoms with E-state index in [1.54, 1.807) is 24.3 Å². The molecule has 0 atom stereocenters. The SMILES string of the molecule is Cc1ccc(Cl)cc1OCc1cc(Cl)ccc1Cl. The van der Waals surface area contributed by atoms with E-state index in [0.29, 0.717) is 21.7 Å². The van der Waals surface area contributed by atoms with Gasteiger partial charge in [0.25, 0.3) is 0 Å². The molecule has 2 aromatic carbocycles. The fraction of sp³-hybridized carbons (Fsp3) is 0.143. The van der Waals surface area contributed by atoms with E-state index in [1.807, 2.05) is 19.1 Å². The van der Waals surface area contributed by atoms with Crippen molar-refractivity contribution in [1.82, 2.24) is 0 Å². The maximum atomic E-state index is 6.07. The van der Waals surface area contributed by atoms with Gasteiger partial charge in [0.15, 0.2) is 0 Å². The molecular weight excluding hydrogens is 291 g/mol.